The van der Waals surface area contributed by atoms with Crippen LogP contribution in [0.2, 0.25) is 0 Å². The molecule has 0 bridgehead atoms. The molecule has 0 unspecified atom stereocenters. The molecule has 2 fully saturated rings. The first-order valence-corrected chi connectivity index (χ1v) is 16.2. The molecule has 1 saturated heterocycles. The van der Waals surface area contributed by atoms with Crippen molar-refractivity contribution in [2.24, 2.45) is 5.92 Å². The number of thiophene rings is 1. The number of carboxylic acids is 1. The first kappa shape index (κ1) is 28.2. The number of amides is 1. The predicted molar refractivity (Wildman–Crippen MR) is 161 cm³/mol. The number of piperazine rings is 1. The Bertz CT molecular complexity index is 1690. The first-order chi connectivity index (χ1) is 20.3. The highest BCUT2D eigenvalue weighted by atomic mass is 32.2. The number of nitrogens with zero attached hydrogens (tertiary/aromatic N) is 4. The van der Waals surface area contributed by atoms with E-state index in [1.54, 1.807) is 35.5 Å². The van der Waals surface area contributed by atoms with Crippen LogP contribution in [0.15, 0.2) is 84.1 Å². The Labute approximate surface area is 248 Å². The van der Waals surface area contributed by atoms with Crippen LogP contribution in [0.4, 0.5) is 5.69 Å². The van der Waals surface area contributed by atoms with Crippen LogP contribution in [-0.4, -0.2) is 58.8 Å². The number of carbonyl (C=O) groups excluding carboxylic acids is 1. The summed E-state index contributed by atoms with van der Waals surface area (Å²) >= 11 is 1.13. The number of carbonyl (C=O) groups is 2. The van der Waals surface area contributed by atoms with Gasteiger partial charge in [-0.25, -0.2) is 13.2 Å². The summed E-state index contributed by atoms with van der Waals surface area (Å²) in [4.78, 5) is 37.2. The van der Waals surface area contributed by atoms with Gasteiger partial charge >= 0.3 is 5.97 Å². The zero-order valence-electron chi connectivity index (χ0n) is 22.8. The molecule has 11 heteroatoms. The Hall–Kier alpha value is -3.93. The van der Waals surface area contributed by atoms with E-state index in [0.29, 0.717) is 11.4 Å². The first-order valence-electron chi connectivity index (χ1n) is 13.9. The summed E-state index contributed by atoms with van der Waals surface area (Å²) in [5.74, 6) is -1.49. The third-order valence-corrected chi connectivity index (χ3v) is 11.0. The Morgan fingerprint density at radius 1 is 0.952 bits per heavy atom. The van der Waals surface area contributed by atoms with E-state index < -0.39 is 27.9 Å². The monoisotopic (exact) mass is 602 g/mol. The van der Waals surface area contributed by atoms with Gasteiger partial charge in [-0.05, 0) is 54.7 Å². The van der Waals surface area contributed by atoms with Crippen LogP contribution >= 0.6 is 11.3 Å². The molecule has 0 spiro atoms. The quantitative estimate of drug-likeness (QED) is 0.294. The van der Waals surface area contributed by atoms with Gasteiger partial charge in [0.05, 0.1) is 24.0 Å². The number of benzene rings is 1. The van der Waals surface area contributed by atoms with Crippen molar-refractivity contribution in [3.05, 3.63) is 84.1 Å². The third-order valence-electron chi connectivity index (χ3n) is 8.05. The van der Waals surface area contributed by atoms with E-state index >= 15 is 0 Å². The van der Waals surface area contributed by atoms with Crippen LogP contribution in [-0.2, 0) is 14.8 Å². The number of anilines is 1. The number of aromatic carboxylic acids is 1. The topological polar surface area (TPSA) is 121 Å². The number of carboxylic acid groups (broad SMARTS) is 1. The largest absolute Gasteiger partial charge is 0.477 e. The summed E-state index contributed by atoms with van der Waals surface area (Å²) in [6.45, 7) is -0.301. The molecule has 0 radical (unpaired) electrons. The highest BCUT2D eigenvalue weighted by Gasteiger charge is 2.44. The van der Waals surface area contributed by atoms with Crippen molar-refractivity contribution in [1.29, 1.82) is 0 Å². The smallest absolute Gasteiger partial charge is 0.348 e. The molecule has 2 aliphatic rings. The van der Waals surface area contributed by atoms with Gasteiger partial charge in [0.15, 0.2) is 0 Å². The Balaban J connectivity index is 1.35. The van der Waals surface area contributed by atoms with Gasteiger partial charge in [0.1, 0.15) is 9.77 Å². The second-order valence-electron chi connectivity index (χ2n) is 10.6. The summed E-state index contributed by atoms with van der Waals surface area (Å²) in [7, 11) is -4.04. The third kappa shape index (κ3) is 5.47. The lowest BCUT2D eigenvalue weighted by atomic mass is 9.82. The number of aromatic nitrogens is 2. The zero-order valence-corrected chi connectivity index (χ0v) is 24.4. The highest BCUT2D eigenvalue weighted by molar-refractivity contribution is 7.89. The average Bonchev–Trinajstić information content (AvgIpc) is 3.47. The molecule has 9 nitrogen and oxygen atoms in total. The minimum absolute atomic E-state index is 0.00640. The fourth-order valence-corrected chi connectivity index (χ4v) is 8.31. The summed E-state index contributed by atoms with van der Waals surface area (Å²) in [5, 5.41) is 10.1. The van der Waals surface area contributed by atoms with Gasteiger partial charge in [0, 0.05) is 35.6 Å². The summed E-state index contributed by atoms with van der Waals surface area (Å²) in [6, 6.07) is 17.5. The molecule has 1 saturated carbocycles. The minimum atomic E-state index is -4.04. The normalized spacial score (nSPS) is 18.7. The molecular weight excluding hydrogens is 572 g/mol. The molecule has 1 N–H and O–H groups in total. The van der Waals surface area contributed by atoms with Gasteiger partial charge in [0.2, 0.25) is 15.9 Å². The molecule has 1 aliphatic heterocycles. The lowest BCUT2D eigenvalue weighted by Crippen LogP contribution is -2.60. The van der Waals surface area contributed by atoms with Gasteiger partial charge in [-0.2, -0.15) is 4.31 Å². The zero-order chi connectivity index (χ0) is 29.3. The van der Waals surface area contributed by atoms with Crippen LogP contribution in [0.25, 0.3) is 21.7 Å². The maximum atomic E-state index is 13.9. The van der Waals surface area contributed by atoms with Crippen molar-refractivity contribution in [3.8, 4) is 21.7 Å². The van der Waals surface area contributed by atoms with Gasteiger partial charge in [0.25, 0.3) is 0 Å². The molecule has 1 aromatic carbocycles. The minimum Gasteiger partial charge on any atom is -0.477 e. The molecule has 3 aromatic heterocycles. The fourth-order valence-electron chi connectivity index (χ4n) is 5.97. The lowest BCUT2D eigenvalue weighted by molar-refractivity contribution is -0.121. The van der Waals surface area contributed by atoms with Crippen LogP contribution in [0.3, 0.4) is 0 Å². The Kier molecular flexibility index (Phi) is 7.89. The molecule has 4 heterocycles. The van der Waals surface area contributed by atoms with E-state index in [9.17, 15) is 23.1 Å². The highest BCUT2D eigenvalue weighted by Crippen LogP contribution is 2.42. The second-order valence-corrected chi connectivity index (χ2v) is 13.6. The van der Waals surface area contributed by atoms with E-state index in [4.69, 9.17) is 0 Å². The van der Waals surface area contributed by atoms with Gasteiger partial charge < -0.3 is 10.0 Å². The molecule has 1 aliphatic carbocycles. The number of rotatable bonds is 7. The van der Waals surface area contributed by atoms with Crippen molar-refractivity contribution in [3.63, 3.8) is 0 Å². The van der Waals surface area contributed by atoms with E-state index in [0.717, 1.165) is 59.4 Å². The van der Waals surface area contributed by atoms with E-state index in [1.165, 1.54) is 16.6 Å². The standard InChI is InChI=1S/C31H30N4O5S2/c36-29-20-34(42(39,40)24-13-14-25(33-18-24)23-12-7-15-32-17-23)19-27(21-8-3-1-4-9-21)35(29)26-16-28(41-30(26)31(37)38)22-10-5-2-6-11-22/h2,5-7,10-18,21,27H,1,3-4,8-9,19-20H2,(H,37,38)/t27-/m0/s1. The molecule has 216 valence electrons. The summed E-state index contributed by atoms with van der Waals surface area (Å²) in [5.41, 5.74) is 2.56. The number of pyridine rings is 2. The van der Waals surface area contributed by atoms with Crippen molar-refractivity contribution in [2.75, 3.05) is 18.0 Å². The molecule has 42 heavy (non-hydrogen) atoms. The van der Waals surface area contributed by atoms with Crippen LogP contribution in [0.1, 0.15) is 41.8 Å². The van der Waals surface area contributed by atoms with Gasteiger partial charge in [-0.1, -0.05) is 49.6 Å². The molecule has 1 atom stereocenters. The Morgan fingerprint density at radius 3 is 2.38 bits per heavy atom. The van der Waals surface area contributed by atoms with E-state index in [1.807, 2.05) is 36.4 Å². The van der Waals surface area contributed by atoms with Gasteiger partial charge in [-0.15, -0.1) is 11.3 Å². The molecular formula is C31H30N4O5S2. The number of hydrogen-bond donors (Lipinski definition) is 1. The van der Waals surface area contributed by atoms with Crippen LogP contribution < -0.4 is 4.90 Å². The average molecular weight is 603 g/mol. The van der Waals surface area contributed by atoms with Crippen LogP contribution in [0.5, 0.6) is 0 Å². The van der Waals surface area contributed by atoms with Crippen molar-refractivity contribution in [2.45, 2.75) is 43.0 Å². The maximum absolute atomic E-state index is 13.9. The predicted octanol–water partition coefficient (Wildman–Crippen LogP) is 5.56. The number of hydrogen-bond acceptors (Lipinski definition) is 7. The number of sulfonamides is 1. The van der Waals surface area contributed by atoms with Crippen molar-refractivity contribution >= 4 is 38.9 Å². The van der Waals surface area contributed by atoms with Crippen LogP contribution in [0, 0.1) is 5.92 Å². The Morgan fingerprint density at radius 2 is 1.71 bits per heavy atom. The van der Waals surface area contributed by atoms with E-state index in [2.05, 4.69) is 9.97 Å². The fraction of sp³-hybridized carbons (Fsp3) is 0.290. The summed E-state index contributed by atoms with van der Waals surface area (Å²) in [6.07, 6.45) is 9.38. The lowest BCUT2D eigenvalue weighted by Gasteiger charge is -2.44. The maximum Gasteiger partial charge on any atom is 0.348 e. The van der Waals surface area contributed by atoms with Gasteiger partial charge in [-0.3, -0.25) is 14.8 Å². The summed E-state index contributed by atoms with van der Waals surface area (Å²) < 4.78 is 28.9. The molecule has 4 aromatic rings. The molecule has 1 amide bonds. The SMILES string of the molecule is O=C(O)c1sc(-c2ccccc2)cc1N1C(=O)CN(S(=O)(=O)c2ccc(-c3cccnc3)nc2)C[C@H]1C1CCCCC1. The van der Waals surface area contributed by atoms with Crippen molar-refractivity contribution < 1.29 is 23.1 Å². The second kappa shape index (κ2) is 11.7. The van der Waals surface area contributed by atoms with Crippen molar-refractivity contribution in [1.82, 2.24) is 14.3 Å². The molecule has 6 rings (SSSR count). The van der Waals surface area contributed by atoms with E-state index in [-0.39, 0.29) is 28.8 Å².